The zero-order valence-electron chi connectivity index (χ0n) is 13.1. The van der Waals surface area contributed by atoms with Crippen LogP contribution in [0.5, 0.6) is 5.75 Å². The van der Waals surface area contributed by atoms with Gasteiger partial charge >= 0.3 is 0 Å². The second-order valence-corrected chi connectivity index (χ2v) is 6.25. The molecule has 0 radical (unpaired) electrons. The third-order valence-electron chi connectivity index (χ3n) is 3.74. The molecule has 22 heavy (non-hydrogen) atoms. The molecule has 1 fully saturated rings. The maximum absolute atomic E-state index is 12.1. The Morgan fingerprint density at radius 1 is 1.27 bits per heavy atom. The van der Waals surface area contributed by atoms with Gasteiger partial charge in [0.2, 0.25) is 0 Å². The first-order valence-corrected chi connectivity index (χ1v) is 7.17. The predicted octanol–water partition coefficient (Wildman–Crippen LogP) is 2.44. The molecule has 1 aromatic carbocycles. The van der Waals surface area contributed by atoms with Crippen LogP contribution >= 0.6 is 0 Å². The van der Waals surface area contributed by atoms with Crippen LogP contribution in [0.15, 0.2) is 30.0 Å². The minimum absolute atomic E-state index is 0.148. The van der Waals surface area contributed by atoms with Crippen molar-refractivity contribution in [2.75, 3.05) is 12.4 Å². The molecule has 0 aliphatic heterocycles. The van der Waals surface area contributed by atoms with Crippen molar-refractivity contribution in [3.8, 4) is 5.75 Å². The minimum Gasteiger partial charge on any atom is -0.497 e. The third kappa shape index (κ3) is 3.54. The number of anilines is 1. The standard InChI is InChI=1S/C17H21NO4/c1-17(2)7-15(20)13(16(21)8-17)9-18-14-6-12(22-3)5-4-11(14)10-19/h4-6,9,18-19H,7-8,10H2,1-3H3. The summed E-state index contributed by atoms with van der Waals surface area (Å²) < 4.78 is 5.14. The van der Waals surface area contributed by atoms with Gasteiger partial charge in [-0.1, -0.05) is 19.9 Å². The predicted molar refractivity (Wildman–Crippen MR) is 83.7 cm³/mol. The molecule has 1 saturated carbocycles. The van der Waals surface area contributed by atoms with Gasteiger partial charge in [0, 0.05) is 36.4 Å². The third-order valence-corrected chi connectivity index (χ3v) is 3.74. The van der Waals surface area contributed by atoms with Crippen LogP contribution in [0.4, 0.5) is 5.69 Å². The molecule has 1 aromatic rings. The summed E-state index contributed by atoms with van der Waals surface area (Å²) in [6, 6.07) is 5.18. The molecular weight excluding hydrogens is 282 g/mol. The molecule has 1 aliphatic carbocycles. The molecule has 0 saturated heterocycles. The van der Waals surface area contributed by atoms with Crippen LogP contribution in [0.3, 0.4) is 0 Å². The molecule has 5 nitrogen and oxygen atoms in total. The van der Waals surface area contributed by atoms with Gasteiger partial charge in [-0.15, -0.1) is 0 Å². The van der Waals surface area contributed by atoms with E-state index >= 15 is 0 Å². The lowest BCUT2D eigenvalue weighted by Crippen LogP contribution is -2.31. The zero-order chi connectivity index (χ0) is 16.3. The van der Waals surface area contributed by atoms with Crippen molar-refractivity contribution >= 4 is 17.3 Å². The number of aliphatic hydroxyl groups is 1. The van der Waals surface area contributed by atoms with Gasteiger partial charge < -0.3 is 15.2 Å². The van der Waals surface area contributed by atoms with Crippen LogP contribution in [0, 0.1) is 5.41 Å². The summed E-state index contributed by atoms with van der Waals surface area (Å²) in [4.78, 5) is 24.2. The van der Waals surface area contributed by atoms with Crippen LogP contribution in [0.1, 0.15) is 32.3 Å². The van der Waals surface area contributed by atoms with Gasteiger partial charge in [-0.2, -0.15) is 0 Å². The average molecular weight is 303 g/mol. The van der Waals surface area contributed by atoms with E-state index in [1.54, 1.807) is 25.3 Å². The minimum atomic E-state index is -0.280. The number of benzene rings is 1. The van der Waals surface area contributed by atoms with Crippen LogP contribution in [0.25, 0.3) is 0 Å². The van der Waals surface area contributed by atoms with Gasteiger partial charge in [-0.3, -0.25) is 9.59 Å². The van der Waals surface area contributed by atoms with E-state index in [9.17, 15) is 14.7 Å². The van der Waals surface area contributed by atoms with Crippen molar-refractivity contribution in [1.82, 2.24) is 0 Å². The maximum atomic E-state index is 12.1. The maximum Gasteiger partial charge on any atom is 0.168 e. The van der Waals surface area contributed by atoms with Crippen molar-refractivity contribution in [2.24, 2.45) is 5.41 Å². The number of nitrogens with one attached hydrogen (secondary N) is 1. The highest BCUT2D eigenvalue weighted by Crippen LogP contribution is 2.33. The van der Waals surface area contributed by atoms with E-state index < -0.39 is 0 Å². The van der Waals surface area contributed by atoms with E-state index in [4.69, 9.17) is 4.74 Å². The lowest BCUT2D eigenvalue weighted by molar-refractivity contribution is -0.127. The van der Waals surface area contributed by atoms with Crippen molar-refractivity contribution in [3.63, 3.8) is 0 Å². The fourth-order valence-corrected chi connectivity index (χ4v) is 2.54. The lowest BCUT2D eigenvalue weighted by atomic mass is 9.74. The van der Waals surface area contributed by atoms with Gasteiger partial charge in [-0.05, 0) is 11.5 Å². The number of Topliss-reactive ketones (excluding diaryl/α,β-unsaturated/α-hetero) is 2. The highest BCUT2D eigenvalue weighted by atomic mass is 16.5. The van der Waals surface area contributed by atoms with Crippen molar-refractivity contribution < 1.29 is 19.4 Å². The average Bonchev–Trinajstić information content (AvgIpc) is 2.44. The molecule has 0 spiro atoms. The second-order valence-electron chi connectivity index (χ2n) is 6.25. The highest BCUT2D eigenvalue weighted by molar-refractivity contribution is 6.22. The summed E-state index contributed by atoms with van der Waals surface area (Å²) in [6.45, 7) is 3.68. The van der Waals surface area contributed by atoms with E-state index in [0.717, 1.165) is 0 Å². The summed E-state index contributed by atoms with van der Waals surface area (Å²) in [6.07, 6.45) is 2.16. The molecule has 2 rings (SSSR count). The van der Waals surface area contributed by atoms with E-state index in [-0.39, 0.29) is 29.2 Å². The first-order valence-electron chi connectivity index (χ1n) is 7.17. The molecule has 0 amide bonds. The summed E-state index contributed by atoms with van der Waals surface area (Å²) in [5, 5.41) is 12.3. The zero-order valence-corrected chi connectivity index (χ0v) is 13.1. The quantitative estimate of drug-likeness (QED) is 0.660. The molecule has 5 heteroatoms. The van der Waals surface area contributed by atoms with Crippen LogP contribution in [-0.2, 0) is 16.2 Å². The van der Waals surface area contributed by atoms with E-state index in [2.05, 4.69) is 5.32 Å². The van der Waals surface area contributed by atoms with Gasteiger partial charge in [0.25, 0.3) is 0 Å². The number of methoxy groups -OCH3 is 1. The second kappa shape index (κ2) is 6.32. The Kier molecular flexibility index (Phi) is 4.66. The SMILES string of the molecule is COc1ccc(CO)c(NC=C2C(=O)CC(C)(C)CC2=O)c1. The molecule has 1 aliphatic rings. The lowest BCUT2D eigenvalue weighted by Gasteiger charge is -2.28. The summed E-state index contributed by atoms with van der Waals surface area (Å²) >= 11 is 0. The Labute approximate surface area is 130 Å². The molecule has 0 aromatic heterocycles. The molecule has 0 atom stereocenters. The van der Waals surface area contributed by atoms with Gasteiger partial charge in [0.15, 0.2) is 11.6 Å². The Hall–Kier alpha value is -2.14. The molecule has 2 N–H and O–H groups in total. The van der Waals surface area contributed by atoms with Crippen molar-refractivity contribution in [2.45, 2.75) is 33.3 Å². The van der Waals surface area contributed by atoms with E-state index in [1.165, 1.54) is 6.20 Å². The molecular formula is C17H21NO4. The van der Waals surface area contributed by atoms with Gasteiger partial charge in [0.1, 0.15) is 5.75 Å². The summed E-state index contributed by atoms with van der Waals surface area (Å²) in [5.74, 6) is 0.324. The van der Waals surface area contributed by atoms with Crippen molar-refractivity contribution in [1.29, 1.82) is 0 Å². The van der Waals surface area contributed by atoms with Crippen LogP contribution in [-0.4, -0.2) is 23.8 Å². The number of carbonyl (C=O) groups excluding carboxylic acids is 2. The van der Waals surface area contributed by atoms with E-state index in [0.29, 0.717) is 29.8 Å². The summed E-state index contributed by atoms with van der Waals surface area (Å²) in [7, 11) is 1.55. The number of allylic oxidation sites excluding steroid dienone is 1. The van der Waals surface area contributed by atoms with Gasteiger partial charge in [-0.25, -0.2) is 0 Å². The van der Waals surface area contributed by atoms with Crippen LogP contribution in [0.2, 0.25) is 0 Å². The monoisotopic (exact) mass is 303 g/mol. The topological polar surface area (TPSA) is 75.6 Å². The Morgan fingerprint density at radius 2 is 1.91 bits per heavy atom. The smallest absolute Gasteiger partial charge is 0.168 e. The molecule has 0 unspecified atom stereocenters. The van der Waals surface area contributed by atoms with Crippen molar-refractivity contribution in [3.05, 3.63) is 35.5 Å². The number of hydrogen-bond acceptors (Lipinski definition) is 5. The summed E-state index contributed by atoms with van der Waals surface area (Å²) in [5.41, 5.74) is 1.18. The molecule has 0 bridgehead atoms. The Morgan fingerprint density at radius 3 is 2.45 bits per heavy atom. The first-order chi connectivity index (χ1) is 10.4. The number of aliphatic hydroxyl groups excluding tert-OH is 1. The molecule has 118 valence electrons. The Bertz CT molecular complexity index is 610. The van der Waals surface area contributed by atoms with Gasteiger partial charge in [0.05, 0.1) is 19.3 Å². The first kappa shape index (κ1) is 16.2. The fourth-order valence-electron chi connectivity index (χ4n) is 2.54. The number of rotatable bonds is 4. The highest BCUT2D eigenvalue weighted by Gasteiger charge is 2.35. The number of ether oxygens (including phenoxy) is 1. The van der Waals surface area contributed by atoms with E-state index in [1.807, 2.05) is 13.8 Å². The normalized spacial score (nSPS) is 17.4. The number of ketones is 2. The fraction of sp³-hybridized carbons (Fsp3) is 0.412. The number of hydrogen-bond donors (Lipinski definition) is 2. The molecule has 0 heterocycles. The van der Waals surface area contributed by atoms with Crippen LogP contribution < -0.4 is 10.1 Å². The largest absolute Gasteiger partial charge is 0.497 e. The Balaban J connectivity index is 2.24. The number of carbonyl (C=O) groups is 2.